The molecule has 0 bridgehead atoms. The molecule has 0 saturated heterocycles. The molecule has 0 aliphatic carbocycles. The maximum atomic E-state index is 5.41. The molecule has 0 radical (unpaired) electrons. The number of thioether (sulfide) groups is 1. The van der Waals surface area contributed by atoms with Gasteiger partial charge >= 0.3 is 0 Å². The highest BCUT2D eigenvalue weighted by Crippen LogP contribution is 2.29. The summed E-state index contributed by atoms with van der Waals surface area (Å²) in [4.78, 5) is 0. The molecule has 0 saturated carbocycles. The first-order valence-corrected chi connectivity index (χ1v) is 8.76. The second-order valence-corrected chi connectivity index (χ2v) is 6.81. The van der Waals surface area contributed by atoms with Crippen molar-refractivity contribution in [3.63, 3.8) is 0 Å². The standard InChI is InChI=1S/C16H15BrN4OS/c1-11-3-6-14(7-4-11)21-16(18-19-20-21)23-10-12-9-13(17)5-8-15(12)22-2/h3-9H,10H2,1-2H3. The van der Waals surface area contributed by atoms with Crippen LogP contribution in [0.1, 0.15) is 11.1 Å². The van der Waals surface area contributed by atoms with Gasteiger partial charge in [-0.3, -0.25) is 0 Å². The van der Waals surface area contributed by atoms with E-state index in [-0.39, 0.29) is 0 Å². The highest BCUT2D eigenvalue weighted by atomic mass is 79.9. The summed E-state index contributed by atoms with van der Waals surface area (Å²) in [6.45, 7) is 2.05. The largest absolute Gasteiger partial charge is 0.496 e. The monoisotopic (exact) mass is 390 g/mol. The lowest BCUT2D eigenvalue weighted by atomic mass is 10.2. The Bertz CT molecular complexity index is 804. The quantitative estimate of drug-likeness (QED) is 0.615. The molecule has 0 aliphatic heterocycles. The maximum Gasteiger partial charge on any atom is 0.214 e. The predicted octanol–water partition coefficient (Wildman–Crippen LogP) is 4.03. The molecule has 23 heavy (non-hydrogen) atoms. The average molecular weight is 391 g/mol. The molecule has 1 aromatic heterocycles. The zero-order valence-corrected chi connectivity index (χ0v) is 15.1. The van der Waals surface area contributed by atoms with Gasteiger partial charge in [-0.15, -0.1) is 5.10 Å². The molecule has 7 heteroatoms. The minimum absolute atomic E-state index is 0.717. The molecule has 3 aromatic rings. The highest BCUT2D eigenvalue weighted by Gasteiger charge is 2.11. The Labute approximate surface area is 147 Å². The third kappa shape index (κ3) is 3.73. The molecule has 5 nitrogen and oxygen atoms in total. The summed E-state index contributed by atoms with van der Waals surface area (Å²) in [5.41, 5.74) is 3.24. The zero-order valence-electron chi connectivity index (χ0n) is 12.7. The van der Waals surface area contributed by atoms with Gasteiger partial charge in [-0.2, -0.15) is 4.68 Å². The van der Waals surface area contributed by atoms with E-state index in [1.807, 2.05) is 42.5 Å². The van der Waals surface area contributed by atoms with Gasteiger partial charge in [-0.05, 0) is 47.7 Å². The molecule has 3 rings (SSSR count). The van der Waals surface area contributed by atoms with Crippen LogP contribution in [0.5, 0.6) is 5.75 Å². The van der Waals surface area contributed by atoms with E-state index in [1.54, 1.807) is 23.6 Å². The summed E-state index contributed by atoms with van der Waals surface area (Å²) in [6.07, 6.45) is 0. The minimum Gasteiger partial charge on any atom is -0.496 e. The van der Waals surface area contributed by atoms with Crippen LogP contribution in [0.3, 0.4) is 0 Å². The number of nitrogens with zero attached hydrogens (tertiary/aromatic N) is 4. The first kappa shape index (κ1) is 16.0. The van der Waals surface area contributed by atoms with Crippen molar-refractivity contribution in [1.82, 2.24) is 20.2 Å². The molecule has 0 atom stereocenters. The molecular weight excluding hydrogens is 376 g/mol. The van der Waals surface area contributed by atoms with E-state index in [2.05, 4.69) is 38.4 Å². The topological polar surface area (TPSA) is 52.8 Å². The molecule has 118 valence electrons. The van der Waals surface area contributed by atoms with E-state index in [0.29, 0.717) is 0 Å². The van der Waals surface area contributed by atoms with Gasteiger partial charge in [0.15, 0.2) is 0 Å². The fourth-order valence-electron chi connectivity index (χ4n) is 2.12. The molecule has 0 aliphatic rings. The van der Waals surface area contributed by atoms with E-state index in [0.717, 1.165) is 32.4 Å². The summed E-state index contributed by atoms with van der Waals surface area (Å²) in [5, 5.41) is 12.7. The molecule has 0 fully saturated rings. The third-order valence-corrected chi connectivity index (χ3v) is 4.78. The van der Waals surface area contributed by atoms with Crippen LogP contribution in [0, 0.1) is 6.92 Å². The van der Waals surface area contributed by atoms with Crippen LogP contribution in [-0.2, 0) is 5.75 Å². The molecular formula is C16H15BrN4OS. The number of aromatic nitrogens is 4. The van der Waals surface area contributed by atoms with Crippen LogP contribution in [0.15, 0.2) is 52.1 Å². The van der Waals surface area contributed by atoms with Gasteiger partial charge in [0.05, 0.1) is 12.8 Å². The van der Waals surface area contributed by atoms with Gasteiger partial charge in [-0.25, -0.2) is 0 Å². The van der Waals surface area contributed by atoms with Gasteiger partial charge in [0.2, 0.25) is 5.16 Å². The lowest BCUT2D eigenvalue weighted by molar-refractivity contribution is 0.411. The lowest BCUT2D eigenvalue weighted by Gasteiger charge is -2.09. The van der Waals surface area contributed by atoms with Crippen molar-refractivity contribution in [3.05, 3.63) is 58.1 Å². The van der Waals surface area contributed by atoms with Crippen molar-refractivity contribution in [2.45, 2.75) is 17.8 Å². The van der Waals surface area contributed by atoms with Gasteiger partial charge in [0, 0.05) is 15.8 Å². The van der Waals surface area contributed by atoms with Crippen molar-refractivity contribution in [2.75, 3.05) is 7.11 Å². The van der Waals surface area contributed by atoms with Crippen LogP contribution < -0.4 is 4.74 Å². The fraction of sp³-hybridized carbons (Fsp3) is 0.188. The van der Waals surface area contributed by atoms with E-state index in [4.69, 9.17) is 4.74 Å². The van der Waals surface area contributed by atoms with Crippen molar-refractivity contribution in [1.29, 1.82) is 0 Å². The van der Waals surface area contributed by atoms with Gasteiger partial charge in [0.25, 0.3) is 0 Å². The molecule has 0 N–H and O–H groups in total. The van der Waals surface area contributed by atoms with E-state index in [9.17, 15) is 0 Å². The molecule has 2 aromatic carbocycles. The number of hydrogen-bond donors (Lipinski definition) is 0. The van der Waals surface area contributed by atoms with Crippen molar-refractivity contribution < 1.29 is 4.74 Å². The zero-order chi connectivity index (χ0) is 16.2. The normalized spacial score (nSPS) is 10.7. The highest BCUT2D eigenvalue weighted by molar-refractivity contribution is 9.10. The van der Waals surface area contributed by atoms with E-state index in [1.165, 1.54) is 5.56 Å². The summed E-state index contributed by atoms with van der Waals surface area (Å²) in [5.74, 6) is 1.57. The van der Waals surface area contributed by atoms with Crippen molar-refractivity contribution >= 4 is 27.7 Å². The third-order valence-electron chi connectivity index (χ3n) is 3.32. The Morgan fingerprint density at radius 1 is 1.17 bits per heavy atom. The SMILES string of the molecule is COc1ccc(Br)cc1CSc1nnnn1-c1ccc(C)cc1. The van der Waals surface area contributed by atoms with Crippen molar-refractivity contribution in [2.24, 2.45) is 0 Å². The molecule has 0 unspecified atom stereocenters. The lowest BCUT2D eigenvalue weighted by Crippen LogP contribution is -1.99. The first-order valence-electron chi connectivity index (χ1n) is 6.98. The van der Waals surface area contributed by atoms with Crippen LogP contribution >= 0.6 is 27.7 Å². The second kappa shape index (κ2) is 7.14. The van der Waals surface area contributed by atoms with Crippen LogP contribution in [0.25, 0.3) is 5.69 Å². The Morgan fingerprint density at radius 2 is 1.96 bits per heavy atom. The molecule has 0 amide bonds. The number of rotatable bonds is 5. The average Bonchev–Trinajstić information content (AvgIpc) is 3.02. The summed E-state index contributed by atoms with van der Waals surface area (Å²) < 4.78 is 8.17. The maximum absolute atomic E-state index is 5.41. The van der Waals surface area contributed by atoms with Gasteiger partial charge in [-0.1, -0.05) is 45.4 Å². The number of hydrogen-bond acceptors (Lipinski definition) is 5. The number of tetrazole rings is 1. The second-order valence-electron chi connectivity index (χ2n) is 4.95. The van der Waals surface area contributed by atoms with Gasteiger partial charge < -0.3 is 4.74 Å². The Kier molecular flexibility index (Phi) is 4.97. The summed E-state index contributed by atoms with van der Waals surface area (Å²) >= 11 is 5.06. The van der Waals surface area contributed by atoms with Crippen LogP contribution in [0.2, 0.25) is 0 Å². The number of aryl methyl sites for hydroxylation is 1. The smallest absolute Gasteiger partial charge is 0.214 e. The number of benzene rings is 2. The Morgan fingerprint density at radius 3 is 2.70 bits per heavy atom. The number of halogens is 1. The van der Waals surface area contributed by atoms with Gasteiger partial charge in [0.1, 0.15) is 5.75 Å². The number of ether oxygens (including phenoxy) is 1. The molecule has 0 spiro atoms. The predicted molar refractivity (Wildman–Crippen MR) is 94.1 cm³/mol. The first-order chi connectivity index (χ1) is 11.2. The Balaban J connectivity index is 1.81. The minimum atomic E-state index is 0.717. The summed E-state index contributed by atoms with van der Waals surface area (Å²) in [7, 11) is 1.67. The number of methoxy groups -OCH3 is 1. The van der Waals surface area contributed by atoms with Crippen LogP contribution in [-0.4, -0.2) is 27.3 Å². The van der Waals surface area contributed by atoms with Crippen molar-refractivity contribution in [3.8, 4) is 11.4 Å². The van der Waals surface area contributed by atoms with E-state index < -0.39 is 0 Å². The fourth-order valence-corrected chi connectivity index (χ4v) is 3.40. The van der Waals surface area contributed by atoms with E-state index >= 15 is 0 Å². The molecule has 1 heterocycles. The van der Waals surface area contributed by atoms with Crippen LogP contribution in [0.4, 0.5) is 0 Å². The Hall–Kier alpha value is -1.86. The summed E-state index contributed by atoms with van der Waals surface area (Å²) in [6, 6.07) is 14.1.